The Labute approximate surface area is 278 Å². The molecule has 4 aliphatic rings. The van der Waals surface area contributed by atoms with Crippen LogP contribution in [0.3, 0.4) is 0 Å². The van der Waals surface area contributed by atoms with Crippen molar-refractivity contribution in [2.24, 2.45) is 5.92 Å². The molecular formula is C35H30Cl2S2SiZr. The Hall–Kier alpha value is -1.26. The first-order valence-electron chi connectivity index (χ1n) is 13.9. The number of hydrogen-bond acceptors (Lipinski definition) is 2. The van der Waals surface area contributed by atoms with Crippen LogP contribution in [-0.4, -0.2) is 16.5 Å². The molecule has 3 aromatic carbocycles. The molecular weight excluding hydrogens is 675 g/mol. The van der Waals surface area contributed by atoms with Gasteiger partial charge in [-0.25, -0.2) is 0 Å². The van der Waals surface area contributed by atoms with Crippen LogP contribution in [0.1, 0.15) is 36.8 Å². The molecule has 0 fully saturated rings. The second kappa shape index (κ2) is 10.1. The van der Waals surface area contributed by atoms with Gasteiger partial charge in [0.05, 0.1) is 0 Å². The quantitative estimate of drug-likeness (QED) is 0.284. The molecule has 0 nitrogen and oxygen atoms in total. The average Bonchev–Trinajstić information content (AvgIpc) is 3.62. The molecule has 8 rings (SSSR count). The normalized spacial score (nSPS) is 20.5. The van der Waals surface area contributed by atoms with Crippen LogP contribution in [0, 0.1) is 12.8 Å². The monoisotopic (exact) mass is 702 g/mol. The topological polar surface area (TPSA) is 0 Å². The molecule has 2 bridgehead atoms. The van der Waals surface area contributed by atoms with E-state index in [1.54, 1.807) is 59.8 Å². The number of thiophene rings is 1. The molecule has 2 aliphatic carbocycles. The molecule has 1 unspecified atom stereocenters. The van der Waals surface area contributed by atoms with Gasteiger partial charge in [0.1, 0.15) is 0 Å². The van der Waals surface area contributed by atoms with Gasteiger partial charge in [-0.05, 0) is 0 Å². The first-order chi connectivity index (χ1) is 18.7. The van der Waals surface area contributed by atoms with Gasteiger partial charge in [0.25, 0.3) is 0 Å². The fourth-order valence-corrected chi connectivity index (χ4v) is 16.1. The van der Waals surface area contributed by atoms with E-state index in [4.69, 9.17) is 0 Å². The third-order valence-electron chi connectivity index (χ3n) is 9.36. The van der Waals surface area contributed by atoms with Crippen LogP contribution >= 0.6 is 23.1 Å². The first kappa shape index (κ1) is 29.8. The Bertz CT molecular complexity index is 2030. The molecule has 204 valence electrons. The summed E-state index contributed by atoms with van der Waals surface area (Å²) in [5.41, 5.74) is 12.1. The molecule has 2 aliphatic heterocycles. The molecule has 41 heavy (non-hydrogen) atoms. The van der Waals surface area contributed by atoms with Crippen molar-refractivity contribution in [2.45, 2.75) is 50.9 Å². The first-order valence-corrected chi connectivity index (χ1v) is 19.9. The maximum Gasteiger partial charge on any atom is -1.00 e. The molecule has 1 aromatic heterocycles. The van der Waals surface area contributed by atoms with E-state index in [-0.39, 0.29) is 24.8 Å². The second-order valence-electron chi connectivity index (χ2n) is 12.3. The predicted octanol–water partition coefficient (Wildman–Crippen LogP) is 1.28. The Balaban J connectivity index is 0.00000151. The molecule has 1 atom stereocenters. The SMILES string of the molecule is CC1=C2C3=c4c(cc(=C5C(C(C)C)=Cc6c5sc5cccc(C)c65)c(c4-c4ccccc4)[Si]2(C)C)SC3[C]1=[Zr+2].[Cl-].[Cl-]. The molecule has 6 heteroatoms. The largest absolute Gasteiger partial charge is 1.00 e. The maximum absolute atomic E-state index is 2.64. The summed E-state index contributed by atoms with van der Waals surface area (Å²) in [6.07, 6.45) is 2.55. The second-order valence-corrected chi connectivity index (χ2v) is 20.1. The molecule has 3 heterocycles. The predicted molar refractivity (Wildman–Crippen MR) is 171 cm³/mol. The van der Waals surface area contributed by atoms with Crippen LogP contribution in [0.15, 0.2) is 75.8 Å². The van der Waals surface area contributed by atoms with E-state index in [1.807, 2.05) is 11.3 Å². The number of hydrogen-bond donors (Lipinski definition) is 0. The van der Waals surface area contributed by atoms with Crippen LogP contribution in [-0.2, 0) is 24.2 Å². The molecule has 0 saturated carbocycles. The summed E-state index contributed by atoms with van der Waals surface area (Å²) in [5, 5.41) is 8.49. The van der Waals surface area contributed by atoms with Gasteiger partial charge >= 0.3 is 256 Å². The van der Waals surface area contributed by atoms with E-state index in [2.05, 4.69) is 113 Å². The van der Waals surface area contributed by atoms with Crippen molar-refractivity contribution in [1.29, 1.82) is 0 Å². The van der Waals surface area contributed by atoms with E-state index >= 15 is 0 Å². The van der Waals surface area contributed by atoms with Gasteiger partial charge in [-0.1, -0.05) is 0 Å². The van der Waals surface area contributed by atoms with Gasteiger partial charge in [0.2, 0.25) is 0 Å². The van der Waals surface area contributed by atoms with Gasteiger partial charge in [0.15, 0.2) is 0 Å². The summed E-state index contributed by atoms with van der Waals surface area (Å²) in [4.78, 5) is 2.99. The third-order valence-corrected chi connectivity index (χ3v) is 17.6. The molecule has 0 amide bonds. The minimum absolute atomic E-state index is 0. The standard InChI is InChI=1S/C35H30S2Si.2ClH.Zr/c1-18(2)22-16-23-28-19(3)11-10-14-25(28)37-33(23)30(22)24-17-27-31-29(21-12-8-7-9-13-21)35(24)38(5,6)34-20(4)15-26(36-27)32(31)34;;;/h7-14,16-18,26H,1-6H3;2*1H;/q;;;+2/p-2. The zero-order chi connectivity index (χ0) is 27.0. The number of fused-ring (bicyclic) bond motifs is 4. The number of rotatable bonds is 2. The van der Waals surface area contributed by atoms with E-state index in [9.17, 15) is 0 Å². The van der Waals surface area contributed by atoms with Crippen LogP contribution in [0.5, 0.6) is 0 Å². The van der Waals surface area contributed by atoms with Gasteiger partial charge in [0, 0.05) is 0 Å². The summed E-state index contributed by atoms with van der Waals surface area (Å²) in [6, 6.07) is 20.8. The van der Waals surface area contributed by atoms with Crippen molar-refractivity contribution in [2.75, 3.05) is 0 Å². The summed E-state index contributed by atoms with van der Waals surface area (Å²) in [6.45, 7) is 14.8. The van der Waals surface area contributed by atoms with Gasteiger partial charge < -0.3 is 24.8 Å². The zero-order valence-electron chi connectivity index (χ0n) is 24.0. The molecule has 0 N–H and O–H groups in total. The van der Waals surface area contributed by atoms with E-state index in [0.29, 0.717) is 11.2 Å². The Morgan fingerprint density at radius 3 is 2.39 bits per heavy atom. The number of aryl methyl sites for hydroxylation is 1. The van der Waals surface area contributed by atoms with E-state index in [0.717, 1.165) is 0 Å². The minimum atomic E-state index is -2.02. The molecule has 4 aromatic rings. The third kappa shape index (κ3) is 3.84. The molecule has 0 radical (unpaired) electrons. The van der Waals surface area contributed by atoms with Crippen LogP contribution in [0.25, 0.3) is 38.4 Å². The fourth-order valence-electron chi connectivity index (χ4n) is 7.76. The maximum atomic E-state index is 2.64. The fraction of sp³-hybridized carbons (Fsp3) is 0.229. The zero-order valence-corrected chi connectivity index (χ0v) is 30.6. The Morgan fingerprint density at radius 2 is 1.68 bits per heavy atom. The van der Waals surface area contributed by atoms with Crippen molar-refractivity contribution in [3.8, 4) is 11.1 Å². The van der Waals surface area contributed by atoms with Crippen molar-refractivity contribution in [3.05, 3.63) is 97.4 Å². The van der Waals surface area contributed by atoms with Crippen LogP contribution in [0.2, 0.25) is 13.1 Å². The number of thioether (sulfide) groups is 1. The summed E-state index contributed by atoms with van der Waals surface area (Å²) < 4.78 is 3.09. The van der Waals surface area contributed by atoms with E-state index < -0.39 is 8.07 Å². The van der Waals surface area contributed by atoms with Gasteiger partial charge in [-0.2, -0.15) is 0 Å². The Kier molecular flexibility index (Phi) is 7.37. The van der Waals surface area contributed by atoms with Gasteiger partial charge in [-0.3, -0.25) is 0 Å². The number of halogens is 2. The number of benzene rings is 3. The van der Waals surface area contributed by atoms with E-state index in [1.165, 1.54) is 52.9 Å². The van der Waals surface area contributed by atoms with Crippen LogP contribution < -0.4 is 40.4 Å². The summed E-state index contributed by atoms with van der Waals surface area (Å²) >= 11 is 5.73. The van der Waals surface area contributed by atoms with Crippen molar-refractivity contribution in [1.82, 2.24) is 0 Å². The van der Waals surface area contributed by atoms with Crippen molar-refractivity contribution >= 4 is 66.9 Å². The van der Waals surface area contributed by atoms with Gasteiger partial charge in [-0.15, -0.1) is 0 Å². The molecule has 0 spiro atoms. The van der Waals surface area contributed by atoms with Crippen molar-refractivity contribution < 1.29 is 49.0 Å². The average molecular weight is 705 g/mol. The van der Waals surface area contributed by atoms with Crippen molar-refractivity contribution in [3.63, 3.8) is 0 Å². The summed E-state index contributed by atoms with van der Waals surface area (Å²) in [5.74, 6) is 0.472. The number of allylic oxidation sites excluding steroid dienone is 3. The Morgan fingerprint density at radius 1 is 0.951 bits per heavy atom. The molecule has 0 saturated heterocycles. The smallest absolute Gasteiger partial charge is 1.00 e. The van der Waals surface area contributed by atoms with Crippen LogP contribution in [0.4, 0.5) is 0 Å². The minimum Gasteiger partial charge on any atom is -1.00 e. The summed E-state index contributed by atoms with van der Waals surface area (Å²) in [7, 11) is -2.02.